The number of nitrogens with one attached hydrogen (secondary N) is 1. The second-order valence-electron chi connectivity index (χ2n) is 10.9. The highest BCUT2D eigenvalue weighted by atomic mass is 32.2. The number of methoxy groups -OCH3 is 1. The van der Waals surface area contributed by atoms with E-state index in [-0.39, 0.29) is 17.4 Å². The highest BCUT2D eigenvalue weighted by Gasteiger charge is 2.41. The summed E-state index contributed by atoms with van der Waals surface area (Å²) in [5.74, 6) is -2.78. The van der Waals surface area contributed by atoms with Crippen LogP contribution in [0.1, 0.15) is 59.8 Å². The van der Waals surface area contributed by atoms with Crippen LogP contribution in [0.3, 0.4) is 0 Å². The molecule has 1 saturated carbocycles. The van der Waals surface area contributed by atoms with E-state index in [9.17, 15) is 22.8 Å². The number of carbonyl (C=O) groups is 3. The molecule has 0 radical (unpaired) electrons. The summed E-state index contributed by atoms with van der Waals surface area (Å²) >= 11 is 0. The summed E-state index contributed by atoms with van der Waals surface area (Å²) < 4.78 is 39.8. The van der Waals surface area contributed by atoms with Crippen LogP contribution in [-0.4, -0.2) is 56.6 Å². The Morgan fingerprint density at radius 2 is 1.66 bits per heavy atom. The van der Waals surface area contributed by atoms with Crippen molar-refractivity contribution in [1.82, 2.24) is 9.62 Å². The summed E-state index contributed by atoms with van der Waals surface area (Å²) in [5, 5.41) is 1.55. The minimum atomic E-state index is -4.27. The van der Waals surface area contributed by atoms with Gasteiger partial charge >= 0.3 is 12.1 Å². The Balaban J connectivity index is 1.98. The lowest BCUT2D eigenvalue weighted by molar-refractivity contribution is -0.162. The molecule has 2 amide bonds. The number of benzene rings is 2. The van der Waals surface area contributed by atoms with Crippen LogP contribution in [0.25, 0.3) is 10.8 Å². The van der Waals surface area contributed by atoms with Crippen molar-refractivity contribution in [3.63, 3.8) is 0 Å². The van der Waals surface area contributed by atoms with Crippen LogP contribution < -0.4 is 4.72 Å². The number of nitrogens with zero attached hydrogens (tertiary/aromatic N) is 1. The van der Waals surface area contributed by atoms with Gasteiger partial charge in [-0.2, -0.15) is 4.72 Å². The van der Waals surface area contributed by atoms with E-state index in [1.165, 1.54) is 19.1 Å². The first-order chi connectivity index (χ1) is 17.8. The first-order valence-corrected chi connectivity index (χ1v) is 14.4. The first kappa shape index (κ1) is 29.6. The van der Waals surface area contributed by atoms with Crippen molar-refractivity contribution in [2.75, 3.05) is 13.7 Å². The predicted octanol–water partition coefficient (Wildman–Crippen LogP) is 4.64. The third-order valence-electron chi connectivity index (χ3n) is 6.68. The fraction of sp³-hybridized carbons (Fsp3) is 0.536. The van der Waals surface area contributed by atoms with E-state index in [1.54, 1.807) is 39.0 Å². The Morgan fingerprint density at radius 1 is 1.03 bits per heavy atom. The van der Waals surface area contributed by atoms with E-state index in [2.05, 4.69) is 4.72 Å². The summed E-state index contributed by atoms with van der Waals surface area (Å²) in [5.41, 5.74) is -0.861. The lowest BCUT2D eigenvalue weighted by atomic mass is 9.88. The maximum atomic E-state index is 13.8. The molecule has 0 aromatic heterocycles. The van der Waals surface area contributed by atoms with Gasteiger partial charge < -0.3 is 9.47 Å². The number of esters is 1. The minimum absolute atomic E-state index is 0.0673. The molecule has 1 aliphatic carbocycles. The molecule has 1 unspecified atom stereocenters. The molecule has 1 aliphatic rings. The lowest BCUT2D eigenvalue weighted by Crippen LogP contribution is -2.56. The van der Waals surface area contributed by atoms with Crippen LogP contribution in [0, 0.1) is 11.8 Å². The molecule has 1 N–H and O–H groups in total. The Bertz CT molecular complexity index is 1260. The number of fused-ring (bicyclic) bond motifs is 1. The van der Waals surface area contributed by atoms with Crippen molar-refractivity contribution in [1.29, 1.82) is 0 Å². The van der Waals surface area contributed by atoms with E-state index in [1.807, 2.05) is 12.1 Å². The molecular formula is C28H38N2O7S. The van der Waals surface area contributed by atoms with Crippen LogP contribution in [0.5, 0.6) is 0 Å². The Hall–Kier alpha value is -2.98. The van der Waals surface area contributed by atoms with Crippen molar-refractivity contribution in [3.8, 4) is 0 Å². The van der Waals surface area contributed by atoms with Crippen molar-refractivity contribution in [2.24, 2.45) is 11.8 Å². The average molecular weight is 547 g/mol. The third kappa shape index (κ3) is 7.54. The SMILES string of the molecule is COC(=O)N(CC1CCCCC1)C(=O)C(NS(=O)(=O)c1ccc2ccccc2c1)[C@H](C)C(=O)OC(C)(C)C. The van der Waals surface area contributed by atoms with Gasteiger partial charge in [-0.05, 0) is 69.4 Å². The molecular weight excluding hydrogens is 508 g/mol. The van der Waals surface area contributed by atoms with E-state index < -0.39 is 45.6 Å². The molecule has 3 rings (SSSR count). The minimum Gasteiger partial charge on any atom is -0.460 e. The Morgan fingerprint density at radius 3 is 2.26 bits per heavy atom. The summed E-state index contributed by atoms with van der Waals surface area (Å²) in [6.45, 7) is 6.53. The molecule has 0 bridgehead atoms. The highest BCUT2D eigenvalue weighted by Crippen LogP contribution is 2.26. The van der Waals surface area contributed by atoms with Crippen LogP contribution in [0.4, 0.5) is 4.79 Å². The molecule has 9 nitrogen and oxygen atoms in total. The largest absolute Gasteiger partial charge is 0.460 e. The number of rotatable bonds is 8. The van der Waals surface area contributed by atoms with Gasteiger partial charge in [0.1, 0.15) is 11.6 Å². The van der Waals surface area contributed by atoms with Gasteiger partial charge in [-0.25, -0.2) is 18.1 Å². The molecule has 0 aliphatic heterocycles. The molecule has 0 spiro atoms. The van der Waals surface area contributed by atoms with Crippen molar-refractivity contribution < 1.29 is 32.3 Å². The zero-order valence-electron chi connectivity index (χ0n) is 22.7. The fourth-order valence-electron chi connectivity index (χ4n) is 4.63. The van der Waals surface area contributed by atoms with Gasteiger partial charge in [0.15, 0.2) is 0 Å². The van der Waals surface area contributed by atoms with Crippen molar-refractivity contribution in [3.05, 3.63) is 42.5 Å². The molecule has 2 aromatic carbocycles. The van der Waals surface area contributed by atoms with Gasteiger partial charge in [-0.15, -0.1) is 0 Å². The molecule has 10 heteroatoms. The van der Waals surface area contributed by atoms with Crippen LogP contribution in [-0.2, 0) is 29.1 Å². The number of hydrogen-bond donors (Lipinski definition) is 1. The standard InChI is InChI=1S/C28H38N2O7S/c1-19(26(32)37-28(2,3)4)24(25(31)30(27(33)36-5)18-20-11-7-6-8-12-20)29-38(34,35)23-16-15-21-13-9-10-14-22(21)17-23/h9-10,13-17,19-20,24,29H,6-8,11-12,18H2,1-5H3/t19-,24?/m0/s1. The topological polar surface area (TPSA) is 119 Å². The van der Waals surface area contributed by atoms with E-state index in [0.717, 1.165) is 49.5 Å². The normalized spacial score (nSPS) is 16.4. The number of amides is 2. The second-order valence-corrected chi connectivity index (χ2v) is 12.6. The predicted molar refractivity (Wildman–Crippen MR) is 144 cm³/mol. The zero-order chi connectivity index (χ0) is 28.1. The smallest absolute Gasteiger partial charge is 0.416 e. The molecule has 1 fully saturated rings. The number of ether oxygens (including phenoxy) is 2. The number of sulfonamides is 1. The number of imide groups is 1. The number of carbonyl (C=O) groups excluding carboxylic acids is 3. The Kier molecular flexibility index (Phi) is 9.54. The van der Waals surface area contributed by atoms with Gasteiger partial charge in [-0.1, -0.05) is 49.6 Å². The highest BCUT2D eigenvalue weighted by molar-refractivity contribution is 7.89. The van der Waals surface area contributed by atoms with Crippen molar-refractivity contribution in [2.45, 2.75) is 76.3 Å². The third-order valence-corrected chi connectivity index (χ3v) is 8.12. The summed E-state index contributed by atoms with van der Waals surface area (Å²) in [4.78, 5) is 40.4. The number of hydrogen-bond acceptors (Lipinski definition) is 7. The maximum absolute atomic E-state index is 13.8. The van der Waals surface area contributed by atoms with Crippen LogP contribution in [0.2, 0.25) is 0 Å². The van der Waals surface area contributed by atoms with Gasteiger partial charge in [0.05, 0.1) is 17.9 Å². The molecule has 0 heterocycles. The Labute approximate surface area is 224 Å². The van der Waals surface area contributed by atoms with Crippen LogP contribution >= 0.6 is 0 Å². The van der Waals surface area contributed by atoms with E-state index in [0.29, 0.717) is 5.39 Å². The average Bonchev–Trinajstić information content (AvgIpc) is 2.88. The molecule has 2 aromatic rings. The molecule has 0 saturated heterocycles. The van der Waals surface area contributed by atoms with Gasteiger partial charge in [-0.3, -0.25) is 9.59 Å². The fourth-order valence-corrected chi connectivity index (χ4v) is 5.93. The van der Waals surface area contributed by atoms with E-state index in [4.69, 9.17) is 9.47 Å². The lowest BCUT2D eigenvalue weighted by Gasteiger charge is -2.32. The van der Waals surface area contributed by atoms with Crippen LogP contribution in [0.15, 0.2) is 47.4 Å². The monoisotopic (exact) mass is 546 g/mol. The molecule has 38 heavy (non-hydrogen) atoms. The maximum Gasteiger partial charge on any atom is 0.416 e. The van der Waals surface area contributed by atoms with Gasteiger partial charge in [0, 0.05) is 6.54 Å². The van der Waals surface area contributed by atoms with E-state index >= 15 is 0 Å². The molecule has 208 valence electrons. The van der Waals surface area contributed by atoms with Gasteiger partial charge in [0.2, 0.25) is 10.0 Å². The van der Waals surface area contributed by atoms with Crippen molar-refractivity contribution >= 4 is 38.8 Å². The second kappa shape index (κ2) is 12.3. The first-order valence-electron chi connectivity index (χ1n) is 13.0. The quantitative estimate of drug-likeness (QED) is 0.479. The van der Waals surface area contributed by atoms with Gasteiger partial charge in [0.25, 0.3) is 5.91 Å². The summed E-state index contributed by atoms with van der Waals surface area (Å²) in [6.07, 6.45) is 3.85. The molecule has 2 atom stereocenters. The summed E-state index contributed by atoms with van der Waals surface area (Å²) in [6, 6.07) is 10.3. The summed E-state index contributed by atoms with van der Waals surface area (Å²) in [7, 11) is -3.11. The zero-order valence-corrected chi connectivity index (χ0v) is 23.5.